The SMILES string of the molecule is CN1C(=O)CN(c2nc(Cl)ncc2Br)c2ccccc21. The summed E-state index contributed by atoms with van der Waals surface area (Å²) in [7, 11) is 1.76. The summed E-state index contributed by atoms with van der Waals surface area (Å²) >= 11 is 9.27. The zero-order valence-corrected chi connectivity index (χ0v) is 12.9. The average Bonchev–Trinajstić information content (AvgIpc) is 2.46. The van der Waals surface area contributed by atoms with Gasteiger partial charge in [0.25, 0.3) is 0 Å². The van der Waals surface area contributed by atoms with Gasteiger partial charge in [0.05, 0.1) is 15.8 Å². The average molecular weight is 354 g/mol. The normalized spacial score (nSPS) is 14.4. The van der Waals surface area contributed by atoms with E-state index in [1.807, 2.05) is 29.2 Å². The number of carbonyl (C=O) groups excluding carboxylic acids is 1. The summed E-state index contributed by atoms with van der Waals surface area (Å²) < 4.78 is 0.689. The molecule has 0 N–H and O–H groups in total. The molecule has 3 rings (SSSR count). The number of amides is 1. The van der Waals surface area contributed by atoms with Gasteiger partial charge in [0.15, 0.2) is 5.82 Å². The molecule has 0 aliphatic carbocycles. The Hall–Kier alpha value is -1.66. The number of rotatable bonds is 1. The van der Waals surface area contributed by atoms with Crippen molar-refractivity contribution in [3.8, 4) is 0 Å². The summed E-state index contributed by atoms with van der Waals surface area (Å²) in [5.41, 5.74) is 1.75. The fourth-order valence-electron chi connectivity index (χ4n) is 2.15. The van der Waals surface area contributed by atoms with Crippen LogP contribution in [0.5, 0.6) is 0 Å². The van der Waals surface area contributed by atoms with E-state index in [4.69, 9.17) is 11.6 Å². The number of nitrogens with zero attached hydrogens (tertiary/aromatic N) is 4. The van der Waals surface area contributed by atoms with Crippen molar-refractivity contribution < 1.29 is 4.79 Å². The highest BCUT2D eigenvalue weighted by molar-refractivity contribution is 9.10. The molecule has 0 unspecified atom stereocenters. The first-order valence-electron chi connectivity index (χ1n) is 5.89. The van der Waals surface area contributed by atoms with Crippen LogP contribution in [0.1, 0.15) is 0 Å². The van der Waals surface area contributed by atoms with Gasteiger partial charge in [0, 0.05) is 13.2 Å². The van der Waals surface area contributed by atoms with E-state index in [9.17, 15) is 4.79 Å². The zero-order chi connectivity index (χ0) is 14.3. The molecule has 0 fully saturated rings. The largest absolute Gasteiger partial charge is 0.314 e. The molecule has 0 radical (unpaired) electrons. The third kappa shape index (κ3) is 2.14. The van der Waals surface area contributed by atoms with Gasteiger partial charge in [-0.05, 0) is 39.7 Å². The molecule has 1 aliphatic rings. The van der Waals surface area contributed by atoms with Gasteiger partial charge < -0.3 is 9.80 Å². The Morgan fingerprint density at radius 1 is 1.30 bits per heavy atom. The smallest absolute Gasteiger partial charge is 0.246 e. The predicted octanol–water partition coefficient (Wildman–Crippen LogP) is 3.01. The van der Waals surface area contributed by atoms with Gasteiger partial charge in [0.1, 0.15) is 6.54 Å². The van der Waals surface area contributed by atoms with Gasteiger partial charge in [-0.15, -0.1) is 0 Å². The molecule has 20 heavy (non-hydrogen) atoms. The van der Waals surface area contributed by atoms with Crippen molar-refractivity contribution in [1.82, 2.24) is 9.97 Å². The highest BCUT2D eigenvalue weighted by atomic mass is 79.9. The summed E-state index contributed by atoms with van der Waals surface area (Å²) in [4.78, 5) is 23.7. The summed E-state index contributed by atoms with van der Waals surface area (Å²) in [6, 6.07) is 7.66. The van der Waals surface area contributed by atoms with Gasteiger partial charge in [-0.3, -0.25) is 4.79 Å². The van der Waals surface area contributed by atoms with Crippen molar-refractivity contribution in [3.05, 3.63) is 40.2 Å². The van der Waals surface area contributed by atoms with E-state index >= 15 is 0 Å². The number of carbonyl (C=O) groups is 1. The number of benzene rings is 1. The number of aromatic nitrogens is 2. The molecule has 1 aromatic heterocycles. The lowest BCUT2D eigenvalue weighted by atomic mass is 10.1. The molecule has 2 heterocycles. The Morgan fingerprint density at radius 3 is 2.75 bits per heavy atom. The molecular weight excluding hydrogens is 344 g/mol. The minimum Gasteiger partial charge on any atom is -0.314 e. The maximum atomic E-state index is 12.1. The molecule has 0 saturated carbocycles. The molecule has 0 spiro atoms. The van der Waals surface area contributed by atoms with Crippen LogP contribution in [0.15, 0.2) is 34.9 Å². The zero-order valence-electron chi connectivity index (χ0n) is 10.5. The van der Waals surface area contributed by atoms with Crippen molar-refractivity contribution in [2.24, 2.45) is 0 Å². The van der Waals surface area contributed by atoms with E-state index in [2.05, 4.69) is 25.9 Å². The third-order valence-electron chi connectivity index (χ3n) is 3.15. The molecule has 2 aromatic rings. The van der Waals surface area contributed by atoms with E-state index in [1.54, 1.807) is 18.1 Å². The van der Waals surface area contributed by atoms with Crippen LogP contribution < -0.4 is 9.80 Å². The monoisotopic (exact) mass is 352 g/mol. The second-order valence-electron chi connectivity index (χ2n) is 4.34. The van der Waals surface area contributed by atoms with E-state index < -0.39 is 0 Å². The quantitative estimate of drug-likeness (QED) is 0.740. The number of hydrogen-bond acceptors (Lipinski definition) is 4. The maximum Gasteiger partial charge on any atom is 0.246 e. The Morgan fingerprint density at radius 2 is 2.00 bits per heavy atom. The fourth-order valence-corrected chi connectivity index (χ4v) is 2.69. The van der Waals surface area contributed by atoms with E-state index in [0.717, 1.165) is 11.4 Å². The van der Waals surface area contributed by atoms with Crippen molar-refractivity contribution in [2.75, 3.05) is 23.4 Å². The molecule has 1 aliphatic heterocycles. The number of likely N-dealkylation sites (N-methyl/N-ethyl adjacent to an activating group) is 1. The number of para-hydroxylation sites is 2. The minimum absolute atomic E-state index is 0.00895. The van der Waals surface area contributed by atoms with Crippen LogP contribution in [0.4, 0.5) is 17.2 Å². The number of fused-ring (bicyclic) bond motifs is 1. The van der Waals surface area contributed by atoms with Crippen LogP contribution in [0.25, 0.3) is 0 Å². The van der Waals surface area contributed by atoms with Crippen molar-refractivity contribution in [1.29, 1.82) is 0 Å². The lowest BCUT2D eigenvalue weighted by Crippen LogP contribution is -2.42. The minimum atomic E-state index is -0.00895. The lowest BCUT2D eigenvalue weighted by Gasteiger charge is -2.35. The van der Waals surface area contributed by atoms with E-state index in [1.165, 1.54) is 0 Å². The van der Waals surface area contributed by atoms with Gasteiger partial charge in [-0.25, -0.2) is 4.98 Å². The Labute approximate surface area is 129 Å². The maximum absolute atomic E-state index is 12.1. The van der Waals surface area contributed by atoms with Crippen molar-refractivity contribution in [3.63, 3.8) is 0 Å². The second kappa shape index (κ2) is 5.03. The number of anilines is 3. The molecule has 0 atom stereocenters. The number of hydrogen-bond donors (Lipinski definition) is 0. The van der Waals surface area contributed by atoms with Crippen LogP contribution in [0.2, 0.25) is 5.28 Å². The van der Waals surface area contributed by atoms with Crippen LogP contribution in [0, 0.1) is 0 Å². The molecule has 7 heteroatoms. The Kier molecular flexibility index (Phi) is 3.35. The molecule has 1 aromatic carbocycles. The summed E-state index contributed by atoms with van der Waals surface area (Å²) in [5.74, 6) is 0.573. The standard InChI is InChI=1S/C13H10BrClN4O/c1-18-9-4-2-3-5-10(9)19(7-11(18)20)12-8(14)6-16-13(15)17-12/h2-6H,7H2,1H3. The van der Waals surface area contributed by atoms with E-state index in [0.29, 0.717) is 10.3 Å². The highest BCUT2D eigenvalue weighted by Crippen LogP contribution is 2.39. The van der Waals surface area contributed by atoms with Crippen molar-refractivity contribution >= 4 is 50.6 Å². The van der Waals surface area contributed by atoms with Crippen LogP contribution >= 0.6 is 27.5 Å². The highest BCUT2D eigenvalue weighted by Gasteiger charge is 2.29. The molecule has 0 bridgehead atoms. The molecule has 1 amide bonds. The Bertz CT molecular complexity index is 694. The second-order valence-corrected chi connectivity index (χ2v) is 5.53. The summed E-state index contributed by atoms with van der Waals surface area (Å²) in [6.07, 6.45) is 1.58. The van der Waals surface area contributed by atoms with Crippen molar-refractivity contribution in [2.45, 2.75) is 0 Å². The van der Waals surface area contributed by atoms with Crippen LogP contribution in [-0.2, 0) is 4.79 Å². The molecule has 0 saturated heterocycles. The topological polar surface area (TPSA) is 49.3 Å². The van der Waals surface area contributed by atoms with Gasteiger partial charge in [-0.2, -0.15) is 4.98 Å². The fraction of sp³-hybridized carbons (Fsp3) is 0.154. The molecular formula is C13H10BrClN4O. The first kappa shape index (κ1) is 13.3. The number of halogens is 2. The van der Waals surface area contributed by atoms with Gasteiger partial charge in [-0.1, -0.05) is 12.1 Å². The third-order valence-corrected chi connectivity index (χ3v) is 3.89. The summed E-state index contributed by atoms with van der Waals surface area (Å²) in [6.45, 7) is 0.208. The van der Waals surface area contributed by atoms with Gasteiger partial charge >= 0.3 is 0 Å². The van der Waals surface area contributed by atoms with Crippen LogP contribution in [0.3, 0.4) is 0 Å². The van der Waals surface area contributed by atoms with Crippen LogP contribution in [-0.4, -0.2) is 29.5 Å². The van der Waals surface area contributed by atoms with E-state index in [-0.39, 0.29) is 17.7 Å². The first-order valence-corrected chi connectivity index (χ1v) is 7.06. The molecule has 102 valence electrons. The predicted molar refractivity (Wildman–Crippen MR) is 81.6 cm³/mol. The summed E-state index contributed by atoms with van der Waals surface area (Å²) in [5, 5.41) is 0.145. The molecule has 5 nitrogen and oxygen atoms in total. The Balaban J connectivity index is 2.17. The first-order chi connectivity index (χ1) is 9.58. The van der Waals surface area contributed by atoms with Gasteiger partial charge in [0.2, 0.25) is 11.2 Å². The lowest BCUT2D eigenvalue weighted by molar-refractivity contribution is -0.117.